The molecule has 15 heavy (non-hydrogen) atoms. The summed E-state index contributed by atoms with van der Waals surface area (Å²) in [5, 5.41) is 10.4. The normalized spacial score (nSPS) is 26.3. The Balaban J connectivity index is 2.89. The van der Waals surface area contributed by atoms with E-state index in [4.69, 9.17) is 10.1 Å². The standard InChI is InChI=1S/C10H19N3O2/c1-7(2)10(3)8(11)12-9(14)13(10)5-6-15-4/h7H,5-6H2,1-4H3,(H2,11,12,14). The van der Waals surface area contributed by atoms with Crippen LogP contribution in [0, 0.1) is 11.3 Å². The number of rotatable bonds is 4. The molecule has 0 aliphatic carbocycles. The highest BCUT2D eigenvalue weighted by Gasteiger charge is 2.48. The van der Waals surface area contributed by atoms with Gasteiger partial charge in [0.05, 0.1) is 6.61 Å². The first-order valence-electron chi connectivity index (χ1n) is 5.11. The summed E-state index contributed by atoms with van der Waals surface area (Å²) in [5.74, 6) is 0.472. The first kappa shape index (κ1) is 12.0. The number of hydrogen-bond acceptors (Lipinski definition) is 3. The van der Waals surface area contributed by atoms with Gasteiger partial charge in [-0.25, -0.2) is 4.79 Å². The second kappa shape index (κ2) is 4.18. The number of amidine groups is 1. The molecule has 86 valence electrons. The lowest BCUT2D eigenvalue weighted by molar-refractivity contribution is 0.112. The van der Waals surface area contributed by atoms with Crippen LogP contribution in [0.5, 0.6) is 0 Å². The first-order valence-corrected chi connectivity index (χ1v) is 5.11. The lowest BCUT2D eigenvalue weighted by Gasteiger charge is -2.36. The number of carbonyl (C=O) groups is 1. The minimum atomic E-state index is -0.532. The Morgan fingerprint density at radius 2 is 2.20 bits per heavy atom. The van der Waals surface area contributed by atoms with Crippen LogP contribution in [-0.2, 0) is 4.74 Å². The average Bonchev–Trinajstić information content (AvgIpc) is 2.37. The van der Waals surface area contributed by atoms with Gasteiger partial charge >= 0.3 is 6.03 Å². The predicted molar refractivity (Wildman–Crippen MR) is 58.1 cm³/mol. The fourth-order valence-electron chi connectivity index (χ4n) is 1.76. The van der Waals surface area contributed by atoms with Crippen LogP contribution in [0.2, 0.25) is 0 Å². The van der Waals surface area contributed by atoms with Crippen molar-refractivity contribution in [2.45, 2.75) is 26.3 Å². The zero-order chi connectivity index (χ0) is 11.6. The van der Waals surface area contributed by atoms with E-state index in [-0.39, 0.29) is 17.8 Å². The number of nitrogens with one attached hydrogen (secondary N) is 2. The number of carbonyl (C=O) groups excluding carboxylic acids is 1. The minimum Gasteiger partial charge on any atom is -0.383 e. The van der Waals surface area contributed by atoms with Gasteiger partial charge in [0.1, 0.15) is 11.4 Å². The van der Waals surface area contributed by atoms with Gasteiger partial charge in [0.2, 0.25) is 0 Å². The maximum absolute atomic E-state index is 11.6. The number of nitrogens with zero attached hydrogens (tertiary/aromatic N) is 1. The summed E-state index contributed by atoms with van der Waals surface area (Å²) in [6.45, 7) is 6.93. The Morgan fingerprint density at radius 1 is 1.60 bits per heavy atom. The summed E-state index contributed by atoms with van der Waals surface area (Å²) < 4.78 is 4.97. The topological polar surface area (TPSA) is 65.4 Å². The second-order valence-electron chi connectivity index (χ2n) is 4.25. The van der Waals surface area contributed by atoms with Crippen LogP contribution in [0.4, 0.5) is 4.79 Å². The maximum Gasteiger partial charge on any atom is 0.323 e. The van der Waals surface area contributed by atoms with E-state index in [0.717, 1.165) is 0 Å². The molecule has 5 nitrogen and oxygen atoms in total. The fourth-order valence-corrected chi connectivity index (χ4v) is 1.76. The molecule has 0 bridgehead atoms. The van der Waals surface area contributed by atoms with E-state index in [0.29, 0.717) is 13.2 Å². The molecular formula is C10H19N3O2. The molecule has 0 aromatic rings. The van der Waals surface area contributed by atoms with E-state index in [1.54, 1.807) is 12.0 Å². The third-order valence-electron chi connectivity index (χ3n) is 3.19. The molecule has 5 heteroatoms. The van der Waals surface area contributed by atoms with Gasteiger partial charge < -0.3 is 9.64 Å². The Bertz CT molecular complexity index is 278. The van der Waals surface area contributed by atoms with Gasteiger partial charge in [0, 0.05) is 13.7 Å². The largest absolute Gasteiger partial charge is 0.383 e. The quantitative estimate of drug-likeness (QED) is 0.733. The maximum atomic E-state index is 11.6. The van der Waals surface area contributed by atoms with Gasteiger partial charge in [-0.3, -0.25) is 10.7 Å². The van der Waals surface area contributed by atoms with Crippen molar-refractivity contribution in [2.24, 2.45) is 5.92 Å². The van der Waals surface area contributed by atoms with Crippen molar-refractivity contribution < 1.29 is 9.53 Å². The Morgan fingerprint density at radius 3 is 2.67 bits per heavy atom. The molecule has 1 rings (SSSR count). The summed E-state index contributed by atoms with van der Waals surface area (Å²) >= 11 is 0. The van der Waals surface area contributed by atoms with Crippen molar-refractivity contribution in [1.29, 1.82) is 5.41 Å². The summed E-state index contributed by atoms with van der Waals surface area (Å²) in [6.07, 6.45) is 0. The number of amides is 2. The van der Waals surface area contributed by atoms with E-state index in [1.807, 2.05) is 20.8 Å². The van der Waals surface area contributed by atoms with E-state index < -0.39 is 5.54 Å². The second-order valence-corrected chi connectivity index (χ2v) is 4.25. The van der Waals surface area contributed by atoms with Crippen molar-refractivity contribution in [2.75, 3.05) is 20.3 Å². The lowest BCUT2D eigenvalue weighted by atomic mass is 9.87. The van der Waals surface area contributed by atoms with E-state index >= 15 is 0 Å². The van der Waals surface area contributed by atoms with Crippen LogP contribution in [-0.4, -0.2) is 42.6 Å². The van der Waals surface area contributed by atoms with Crippen LogP contribution in [0.25, 0.3) is 0 Å². The van der Waals surface area contributed by atoms with Crippen molar-refractivity contribution in [3.8, 4) is 0 Å². The van der Waals surface area contributed by atoms with E-state index in [9.17, 15) is 4.79 Å². The van der Waals surface area contributed by atoms with E-state index in [1.165, 1.54) is 0 Å². The van der Waals surface area contributed by atoms with Gasteiger partial charge in [0.25, 0.3) is 0 Å². The van der Waals surface area contributed by atoms with Crippen LogP contribution < -0.4 is 5.32 Å². The zero-order valence-corrected chi connectivity index (χ0v) is 9.76. The number of methoxy groups -OCH3 is 1. The smallest absolute Gasteiger partial charge is 0.323 e. The molecule has 2 N–H and O–H groups in total. The fraction of sp³-hybridized carbons (Fsp3) is 0.800. The molecule has 1 atom stereocenters. The number of ether oxygens (including phenoxy) is 1. The van der Waals surface area contributed by atoms with Crippen molar-refractivity contribution >= 4 is 11.9 Å². The summed E-state index contributed by atoms with van der Waals surface area (Å²) in [4.78, 5) is 13.3. The molecule has 0 radical (unpaired) electrons. The van der Waals surface area contributed by atoms with Crippen molar-refractivity contribution in [3.05, 3.63) is 0 Å². The Hall–Kier alpha value is -1.10. The van der Waals surface area contributed by atoms with Crippen molar-refractivity contribution in [3.63, 3.8) is 0 Å². The highest BCUT2D eigenvalue weighted by Crippen LogP contribution is 2.29. The molecule has 0 aromatic heterocycles. The molecule has 2 amide bonds. The molecule has 1 aliphatic rings. The Kier molecular flexibility index (Phi) is 3.34. The van der Waals surface area contributed by atoms with Gasteiger partial charge in [-0.15, -0.1) is 0 Å². The van der Waals surface area contributed by atoms with Gasteiger partial charge in [-0.2, -0.15) is 0 Å². The molecule has 1 heterocycles. The SMILES string of the molecule is COCCN1C(=O)NC(=N)C1(C)C(C)C. The predicted octanol–water partition coefficient (Wildman–Crippen LogP) is 1.05. The van der Waals surface area contributed by atoms with Gasteiger partial charge in [-0.1, -0.05) is 13.8 Å². The average molecular weight is 213 g/mol. The molecule has 1 fully saturated rings. The zero-order valence-electron chi connectivity index (χ0n) is 9.76. The third-order valence-corrected chi connectivity index (χ3v) is 3.19. The highest BCUT2D eigenvalue weighted by molar-refractivity contribution is 6.08. The minimum absolute atomic E-state index is 0.195. The monoisotopic (exact) mass is 213 g/mol. The molecule has 0 aromatic carbocycles. The van der Waals surface area contributed by atoms with Crippen LogP contribution >= 0.6 is 0 Å². The molecule has 1 aliphatic heterocycles. The third kappa shape index (κ3) is 1.84. The summed E-state index contributed by atoms with van der Waals surface area (Å²) in [6, 6.07) is -0.201. The van der Waals surface area contributed by atoms with Gasteiger partial charge in [0.15, 0.2) is 0 Å². The Labute approximate surface area is 90.3 Å². The molecular weight excluding hydrogens is 194 g/mol. The van der Waals surface area contributed by atoms with Crippen LogP contribution in [0.1, 0.15) is 20.8 Å². The highest BCUT2D eigenvalue weighted by atomic mass is 16.5. The van der Waals surface area contributed by atoms with Crippen LogP contribution in [0.3, 0.4) is 0 Å². The number of hydrogen-bond donors (Lipinski definition) is 2. The molecule has 0 spiro atoms. The first-order chi connectivity index (χ1) is 6.94. The number of urea groups is 1. The van der Waals surface area contributed by atoms with Crippen molar-refractivity contribution in [1.82, 2.24) is 10.2 Å². The summed E-state index contributed by atoms with van der Waals surface area (Å²) in [7, 11) is 1.60. The van der Waals surface area contributed by atoms with Gasteiger partial charge in [-0.05, 0) is 12.8 Å². The molecule has 0 saturated carbocycles. The van der Waals surface area contributed by atoms with Crippen LogP contribution in [0.15, 0.2) is 0 Å². The van der Waals surface area contributed by atoms with E-state index in [2.05, 4.69) is 5.32 Å². The lowest BCUT2D eigenvalue weighted by Crippen LogP contribution is -2.51. The molecule has 1 unspecified atom stereocenters. The molecule has 1 saturated heterocycles. The summed E-state index contributed by atoms with van der Waals surface area (Å²) in [5.41, 5.74) is -0.532.